The number of carbonyl (C=O) groups is 1. The summed E-state index contributed by atoms with van der Waals surface area (Å²) in [6.45, 7) is 3.69. The van der Waals surface area contributed by atoms with Crippen molar-refractivity contribution in [3.05, 3.63) is 42.1 Å². The number of nitrogens with two attached hydrogens (primary N) is 1. The molecule has 0 spiro atoms. The second kappa shape index (κ2) is 8.33. The molecule has 6 nitrogen and oxygen atoms in total. The van der Waals surface area contributed by atoms with Gasteiger partial charge in [0.2, 0.25) is 0 Å². The molecule has 3 atom stereocenters. The van der Waals surface area contributed by atoms with E-state index in [4.69, 9.17) is 22.1 Å². The first-order valence-corrected chi connectivity index (χ1v) is 10.4. The molecule has 3 unspecified atom stereocenters. The molecule has 1 aromatic carbocycles. The summed E-state index contributed by atoms with van der Waals surface area (Å²) in [6, 6.07) is 9.41. The molecule has 0 radical (unpaired) electrons. The lowest BCUT2D eigenvalue weighted by Crippen LogP contribution is -2.64. The van der Waals surface area contributed by atoms with Gasteiger partial charge in [0.15, 0.2) is 0 Å². The maximum Gasteiger partial charge on any atom is 0.253 e. The Kier molecular flexibility index (Phi) is 5.83. The maximum atomic E-state index is 12.8. The van der Waals surface area contributed by atoms with Gasteiger partial charge < -0.3 is 15.8 Å². The summed E-state index contributed by atoms with van der Waals surface area (Å²) < 4.78 is 5.73. The van der Waals surface area contributed by atoms with Crippen LogP contribution in [0.1, 0.15) is 29.6 Å². The van der Waals surface area contributed by atoms with E-state index in [-0.39, 0.29) is 11.3 Å². The van der Waals surface area contributed by atoms with Crippen LogP contribution in [0, 0.1) is 0 Å². The molecule has 0 bridgehead atoms. The fourth-order valence-corrected chi connectivity index (χ4v) is 4.47. The monoisotopic (exact) mass is 402 g/mol. The first-order chi connectivity index (χ1) is 13.5. The Bertz CT molecular complexity index is 837. The first kappa shape index (κ1) is 19.6. The van der Waals surface area contributed by atoms with Gasteiger partial charge in [-0.3, -0.25) is 14.7 Å². The number of piperidine rings is 1. The molecule has 1 amide bonds. The Balaban J connectivity index is 1.36. The number of pyridine rings is 1. The third-order valence-corrected chi connectivity index (χ3v) is 6.45. The van der Waals surface area contributed by atoms with E-state index < -0.39 is 5.54 Å². The molecule has 2 saturated heterocycles. The molecule has 150 valence electrons. The number of rotatable bonds is 5. The smallest absolute Gasteiger partial charge is 0.253 e. The number of likely N-dealkylation sites (tertiary alicyclic amines) is 1. The lowest BCUT2D eigenvalue weighted by atomic mass is 9.87. The maximum absolute atomic E-state index is 12.8. The highest BCUT2D eigenvalue weighted by atomic mass is 35.5. The summed E-state index contributed by atoms with van der Waals surface area (Å²) in [5.74, 6) is -0.167. The summed E-state index contributed by atoms with van der Waals surface area (Å²) in [4.78, 5) is 19.4. The number of nitrogens with one attached hydrogen (secondary N) is 1. The van der Waals surface area contributed by atoms with E-state index in [1.807, 2.05) is 24.3 Å². The van der Waals surface area contributed by atoms with Crippen molar-refractivity contribution in [3.63, 3.8) is 0 Å². The van der Waals surface area contributed by atoms with Crippen molar-refractivity contribution in [2.45, 2.75) is 36.3 Å². The van der Waals surface area contributed by atoms with Crippen molar-refractivity contribution >= 4 is 28.4 Å². The van der Waals surface area contributed by atoms with Gasteiger partial charge in [-0.05, 0) is 31.4 Å². The fraction of sp³-hybridized carbons (Fsp3) is 0.524. The zero-order valence-corrected chi connectivity index (χ0v) is 16.7. The summed E-state index contributed by atoms with van der Waals surface area (Å²) in [6.07, 6.45) is 5.00. The quantitative estimate of drug-likeness (QED) is 0.749. The molecular formula is C21H27ClN4O2. The van der Waals surface area contributed by atoms with E-state index in [2.05, 4.69) is 15.2 Å². The number of benzene rings is 1. The van der Waals surface area contributed by atoms with Gasteiger partial charge in [0, 0.05) is 44.4 Å². The van der Waals surface area contributed by atoms with Gasteiger partial charge in [-0.25, -0.2) is 0 Å². The number of nitrogens with zero attached hydrogens (tertiary/aromatic N) is 2. The Hall–Kier alpha value is -1.73. The van der Waals surface area contributed by atoms with Crippen LogP contribution in [0.2, 0.25) is 0 Å². The minimum absolute atomic E-state index is 0.167. The van der Waals surface area contributed by atoms with Crippen LogP contribution in [-0.2, 0) is 4.74 Å². The van der Waals surface area contributed by atoms with Gasteiger partial charge in [0.25, 0.3) is 5.91 Å². The second-order valence-electron chi connectivity index (χ2n) is 7.91. The summed E-state index contributed by atoms with van der Waals surface area (Å²) >= 11 is 6.66. The molecule has 28 heavy (non-hydrogen) atoms. The molecule has 2 aliphatic heterocycles. The van der Waals surface area contributed by atoms with Gasteiger partial charge in [0.1, 0.15) is 0 Å². The van der Waals surface area contributed by atoms with E-state index in [1.54, 1.807) is 12.3 Å². The van der Waals surface area contributed by atoms with Crippen LogP contribution in [0.15, 0.2) is 36.5 Å². The van der Waals surface area contributed by atoms with Crippen molar-refractivity contribution < 1.29 is 9.53 Å². The number of ether oxygens (including phenoxy) is 1. The van der Waals surface area contributed by atoms with Gasteiger partial charge in [-0.15, -0.1) is 11.6 Å². The van der Waals surface area contributed by atoms with Crippen molar-refractivity contribution in [2.24, 2.45) is 5.73 Å². The number of aromatic nitrogens is 1. The lowest BCUT2D eigenvalue weighted by Gasteiger charge is -2.43. The summed E-state index contributed by atoms with van der Waals surface area (Å²) in [7, 11) is 0. The zero-order chi connectivity index (χ0) is 19.6. The molecular weight excluding hydrogens is 376 g/mol. The van der Waals surface area contributed by atoms with E-state index in [1.165, 1.54) is 0 Å². The van der Waals surface area contributed by atoms with Gasteiger partial charge >= 0.3 is 0 Å². The Morgan fingerprint density at radius 3 is 3.04 bits per heavy atom. The molecule has 3 N–H and O–H groups in total. The molecule has 7 heteroatoms. The number of carbonyl (C=O) groups excluding carboxylic acids is 1. The second-order valence-corrected chi connectivity index (χ2v) is 8.44. The van der Waals surface area contributed by atoms with Crippen molar-refractivity contribution in [1.29, 1.82) is 0 Å². The van der Waals surface area contributed by atoms with Crippen LogP contribution in [0.25, 0.3) is 10.9 Å². The molecule has 0 saturated carbocycles. The van der Waals surface area contributed by atoms with Crippen LogP contribution < -0.4 is 11.1 Å². The number of para-hydroxylation sites is 1. The third kappa shape index (κ3) is 4.15. The highest BCUT2D eigenvalue weighted by Crippen LogP contribution is 2.26. The predicted molar refractivity (Wildman–Crippen MR) is 111 cm³/mol. The predicted octanol–water partition coefficient (Wildman–Crippen LogP) is 2.15. The Morgan fingerprint density at radius 2 is 2.25 bits per heavy atom. The highest BCUT2D eigenvalue weighted by Gasteiger charge is 2.40. The first-order valence-electron chi connectivity index (χ1n) is 9.94. The van der Waals surface area contributed by atoms with Crippen molar-refractivity contribution in [1.82, 2.24) is 15.2 Å². The normalized spacial score (nSPS) is 28.5. The van der Waals surface area contributed by atoms with Gasteiger partial charge in [-0.1, -0.05) is 18.2 Å². The third-order valence-electron chi connectivity index (χ3n) is 5.88. The molecule has 0 aliphatic carbocycles. The molecule has 2 fully saturated rings. The number of hydrogen-bond acceptors (Lipinski definition) is 5. The average molecular weight is 403 g/mol. The van der Waals surface area contributed by atoms with Crippen LogP contribution in [0.3, 0.4) is 0 Å². The molecule has 3 heterocycles. The molecule has 1 aromatic heterocycles. The fourth-order valence-electron chi connectivity index (χ4n) is 4.09. The van der Waals surface area contributed by atoms with Crippen LogP contribution in [-0.4, -0.2) is 65.6 Å². The molecule has 2 aliphatic rings. The van der Waals surface area contributed by atoms with Crippen LogP contribution >= 0.6 is 11.6 Å². The van der Waals surface area contributed by atoms with Crippen molar-refractivity contribution in [2.75, 3.05) is 32.8 Å². The number of fused-ring (bicyclic) bond motifs is 1. The molecule has 4 rings (SSSR count). The average Bonchev–Trinajstić information content (AvgIpc) is 3.22. The van der Waals surface area contributed by atoms with Crippen LogP contribution in [0.4, 0.5) is 0 Å². The lowest BCUT2D eigenvalue weighted by molar-refractivity contribution is 0.0568. The van der Waals surface area contributed by atoms with E-state index in [0.29, 0.717) is 30.3 Å². The summed E-state index contributed by atoms with van der Waals surface area (Å²) in [5, 5.41) is 3.70. The zero-order valence-electron chi connectivity index (χ0n) is 15.9. The Labute approximate surface area is 170 Å². The van der Waals surface area contributed by atoms with Gasteiger partial charge in [-0.2, -0.15) is 0 Å². The van der Waals surface area contributed by atoms with Crippen molar-refractivity contribution in [3.8, 4) is 0 Å². The number of amides is 1. The van der Waals surface area contributed by atoms with E-state index in [9.17, 15) is 4.79 Å². The number of halogens is 1. The topological polar surface area (TPSA) is 80.5 Å². The summed E-state index contributed by atoms with van der Waals surface area (Å²) in [5.41, 5.74) is 7.22. The minimum atomic E-state index is -0.623. The highest BCUT2D eigenvalue weighted by molar-refractivity contribution is 6.21. The molecule has 2 aromatic rings. The minimum Gasteiger partial charge on any atom is -0.377 e. The number of hydrogen-bond donors (Lipinski definition) is 2. The SMILES string of the molecule is NC1(CNC(=O)c2cccc3cccnc23)CCN(CC2CCCO2)CC1Cl. The van der Waals surface area contributed by atoms with E-state index in [0.717, 1.165) is 44.3 Å². The van der Waals surface area contributed by atoms with Crippen LogP contribution in [0.5, 0.6) is 0 Å². The largest absolute Gasteiger partial charge is 0.377 e. The number of alkyl halides is 1. The van der Waals surface area contributed by atoms with E-state index >= 15 is 0 Å². The standard InChI is InChI=1S/C21H27ClN4O2/c22-18-13-26(12-16-6-3-11-28-16)10-8-21(18,23)14-25-20(27)17-7-1-4-15-5-2-9-24-19(15)17/h1-2,4-5,7,9,16,18H,3,6,8,10-14,23H2,(H,25,27). The Morgan fingerprint density at radius 1 is 1.39 bits per heavy atom. The van der Waals surface area contributed by atoms with Gasteiger partial charge in [0.05, 0.1) is 28.1 Å².